The van der Waals surface area contributed by atoms with Gasteiger partial charge < -0.3 is 5.32 Å². The molecular weight excluding hydrogens is 208 g/mol. The van der Waals surface area contributed by atoms with Gasteiger partial charge in [0.25, 0.3) is 5.91 Å². The minimum absolute atomic E-state index is 0.145. The van der Waals surface area contributed by atoms with E-state index in [4.69, 9.17) is 4.84 Å². The SMILES string of the molecule is CON(C)C(=O)c1ccc(NC(C)=O)cc1. The maximum absolute atomic E-state index is 11.6. The minimum atomic E-state index is -0.239. The molecule has 5 nitrogen and oxygen atoms in total. The highest BCUT2D eigenvalue weighted by atomic mass is 16.7. The summed E-state index contributed by atoms with van der Waals surface area (Å²) in [7, 11) is 2.95. The van der Waals surface area contributed by atoms with Gasteiger partial charge in [-0.3, -0.25) is 14.4 Å². The highest BCUT2D eigenvalue weighted by Gasteiger charge is 2.10. The van der Waals surface area contributed by atoms with Gasteiger partial charge in [-0.05, 0) is 24.3 Å². The molecule has 86 valence electrons. The van der Waals surface area contributed by atoms with Gasteiger partial charge in [-0.2, -0.15) is 0 Å². The Bertz CT molecular complexity index is 387. The first kappa shape index (κ1) is 12.2. The summed E-state index contributed by atoms with van der Waals surface area (Å²) in [5, 5.41) is 3.75. The van der Waals surface area contributed by atoms with E-state index in [-0.39, 0.29) is 11.8 Å². The average Bonchev–Trinajstić information content (AvgIpc) is 2.27. The standard InChI is InChI=1S/C11H14N2O3/c1-8(14)12-10-6-4-9(5-7-10)11(15)13(2)16-3/h4-7H,1-3H3,(H,12,14). The first-order valence-electron chi connectivity index (χ1n) is 4.74. The molecule has 2 amide bonds. The molecule has 1 aromatic carbocycles. The summed E-state index contributed by atoms with van der Waals surface area (Å²) in [6.07, 6.45) is 0. The van der Waals surface area contributed by atoms with Crippen LogP contribution in [0.3, 0.4) is 0 Å². The molecule has 0 spiro atoms. The van der Waals surface area contributed by atoms with Crippen LogP contribution in [-0.4, -0.2) is 31.0 Å². The molecule has 16 heavy (non-hydrogen) atoms. The fourth-order valence-corrected chi connectivity index (χ4v) is 1.16. The van der Waals surface area contributed by atoms with Crippen LogP contribution in [0.25, 0.3) is 0 Å². The van der Waals surface area contributed by atoms with Crippen LogP contribution in [0.15, 0.2) is 24.3 Å². The maximum atomic E-state index is 11.6. The lowest BCUT2D eigenvalue weighted by Crippen LogP contribution is -2.25. The van der Waals surface area contributed by atoms with Crippen LogP contribution in [0.4, 0.5) is 5.69 Å². The molecule has 0 heterocycles. The zero-order chi connectivity index (χ0) is 12.1. The Labute approximate surface area is 94.0 Å². The molecule has 0 fully saturated rings. The number of anilines is 1. The first-order valence-corrected chi connectivity index (χ1v) is 4.74. The lowest BCUT2D eigenvalue weighted by molar-refractivity contribution is -0.114. The van der Waals surface area contributed by atoms with Crippen molar-refractivity contribution in [1.29, 1.82) is 0 Å². The summed E-state index contributed by atoms with van der Waals surface area (Å²) in [4.78, 5) is 27.2. The summed E-state index contributed by atoms with van der Waals surface area (Å²) < 4.78 is 0. The van der Waals surface area contributed by atoms with E-state index in [9.17, 15) is 9.59 Å². The van der Waals surface area contributed by atoms with Gasteiger partial charge in [0.1, 0.15) is 0 Å². The van der Waals surface area contributed by atoms with Gasteiger partial charge in [0.2, 0.25) is 5.91 Å². The number of hydrogen-bond acceptors (Lipinski definition) is 3. The number of rotatable bonds is 3. The molecule has 1 rings (SSSR count). The predicted octanol–water partition coefficient (Wildman–Crippen LogP) is 1.28. The van der Waals surface area contributed by atoms with Gasteiger partial charge in [-0.1, -0.05) is 0 Å². The first-order chi connectivity index (χ1) is 7.54. The molecule has 0 saturated carbocycles. The Hall–Kier alpha value is -1.88. The fourth-order valence-electron chi connectivity index (χ4n) is 1.16. The number of hydroxylamine groups is 2. The molecule has 0 aliphatic rings. The molecule has 0 bridgehead atoms. The number of carbonyl (C=O) groups is 2. The monoisotopic (exact) mass is 222 g/mol. The van der Waals surface area contributed by atoms with E-state index in [0.29, 0.717) is 11.3 Å². The zero-order valence-electron chi connectivity index (χ0n) is 9.48. The maximum Gasteiger partial charge on any atom is 0.277 e. The van der Waals surface area contributed by atoms with Crippen LogP contribution in [0, 0.1) is 0 Å². The van der Waals surface area contributed by atoms with Gasteiger partial charge in [0.05, 0.1) is 7.11 Å². The third kappa shape index (κ3) is 3.06. The van der Waals surface area contributed by atoms with Crippen molar-refractivity contribution in [3.63, 3.8) is 0 Å². The molecule has 0 aliphatic heterocycles. The molecule has 1 N–H and O–H groups in total. The van der Waals surface area contributed by atoms with E-state index < -0.39 is 0 Å². The number of carbonyl (C=O) groups excluding carboxylic acids is 2. The highest BCUT2D eigenvalue weighted by Crippen LogP contribution is 2.10. The van der Waals surface area contributed by atoms with E-state index in [1.807, 2.05) is 0 Å². The van der Waals surface area contributed by atoms with Gasteiger partial charge in [-0.15, -0.1) is 0 Å². The normalized spacial score (nSPS) is 9.69. The van der Waals surface area contributed by atoms with Crippen LogP contribution in [0.2, 0.25) is 0 Å². The molecule has 0 atom stereocenters. The van der Waals surface area contributed by atoms with Crippen molar-refractivity contribution in [3.8, 4) is 0 Å². The third-order valence-corrected chi connectivity index (χ3v) is 2.01. The number of amides is 2. The number of nitrogens with one attached hydrogen (secondary N) is 1. The Morgan fingerprint density at radius 2 is 1.81 bits per heavy atom. The summed E-state index contributed by atoms with van der Waals surface area (Å²) in [5.41, 5.74) is 1.16. The molecule has 5 heteroatoms. The predicted molar refractivity (Wildman–Crippen MR) is 59.8 cm³/mol. The van der Waals surface area contributed by atoms with Crippen molar-refractivity contribution in [3.05, 3.63) is 29.8 Å². The molecule has 0 saturated heterocycles. The van der Waals surface area contributed by atoms with Gasteiger partial charge >= 0.3 is 0 Å². The number of benzene rings is 1. The van der Waals surface area contributed by atoms with E-state index in [1.54, 1.807) is 24.3 Å². The minimum Gasteiger partial charge on any atom is -0.326 e. The lowest BCUT2D eigenvalue weighted by Gasteiger charge is -2.13. The van der Waals surface area contributed by atoms with Crippen molar-refractivity contribution in [2.45, 2.75) is 6.92 Å². The fraction of sp³-hybridized carbons (Fsp3) is 0.273. The van der Waals surface area contributed by atoms with Gasteiger partial charge in [0, 0.05) is 25.2 Å². The Morgan fingerprint density at radius 1 is 1.25 bits per heavy atom. The largest absolute Gasteiger partial charge is 0.326 e. The summed E-state index contributed by atoms with van der Waals surface area (Å²) in [6, 6.07) is 6.59. The second-order valence-corrected chi connectivity index (χ2v) is 3.24. The molecule has 0 radical (unpaired) electrons. The Morgan fingerprint density at radius 3 is 2.25 bits per heavy atom. The van der Waals surface area contributed by atoms with Crippen LogP contribution in [-0.2, 0) is 9.63 Å². The Balaban J connectivity index is 2.78. The van der Waals surface area contributed by atoms with Crippen molar-refractivity contribution >= 4 is 17.5 Å². The van der Waals surface area contributed by atoms with E-state index in [1.165, 1.54) is 21.1 Å². The van der Waals surface area contributed by atoms with Crippen LogP contribution in [0.5, 0.6) is 0 Å². The van der Waals surface area contributed by atoms with Gasteiger partial charge in [0.15, 0.2) is 0 Å². The van der Waals surface area contributed by atoms with Crippen molar-refractivity contribution in [2.24, 2.45) is 0 Å². The lowest BCUT2D eigenvalue weighted by atomic mass is 10.2. The molecule has 1 aromatic rings. The number of hydrogen-bond donors (Lipinski definition) is 1. The number of nitrogens with zero attached hydrogens (tertiary/aromatic N) is 1. The van der Waals surface area contributed by atoms with Crippen molar-refractivity contribution in [1.82, 2.24) is 5.06 Å². The molecule has 0 unspecified atom stereocenters. The van der Waals surface area contributed by atoms with Crippen LogP contribution < -0.4 is 5.32 Å². The summed E-state index contributed by atoms with van der Waals surface area (Å²) >= 11 is 0. The summed E-state index contributed by atoms with van der Waals surface area (Å²) in [5.74, 6) is -0.384. The smallest absolute Gasteiger partial charge is 0.277 e. The quantitative estimate of drug-likeness (QED) is 0.784. The van der Waals surface area contributed by atoms with E-state index in [2.05, 4.69) is 5.32 Å². The second kappa shape index (κ2) is 5.27. The zero-order valence-corrected chi connectivity index (χ0v) is 9.48. The van der Waals surface area contributed by atoms with E-state index >= 15 is 0 Å². The third-order valence-electron chi connectivity index (χ3n) is 2.01. The molecule has 0 aromatic heterocycles. The average molecular weight is 222 g/mol. The van der Waals surface area contributed by atoms with Crippen molar-refractivity contribution < 1.29 is 14.4 Å². The van der Waals surface area contributed by atoms with Crippen LogP contribution in [0.1, 0.15) is 17.3 Å². The van der Waals surface area contributed by atoms with E-state index in [0.717, 1.165) is 5.06 Å². The summed E-state index contributed by atoms with van der Waals surface area (Å²) in [6.45, 7) is 1.43. The molecule has 0 aliphatic carbocycles. The highest BCUT2D eigenvalue weighted by molar-refractivity contribution is 5.94. The second-order valence-electron chi connectivity index (χ2n) is 3.24. The topological polar surface area (TPSA) is 58.6 Å². The Kier molecular flexibility index (Phi) is 4.02. The van der Waals surface area contributed by atoms with Crippen molar-refractivity contribution in [2.75, 3.05) is 19.5 Å². The van der Waals surface area contributed by atoms with Crippen LogP contribution >= 0.6 is 0 Å². The van der Waals surface area contributed by atoms with Gasteiger partial charge in [-0.25, -0.2) is 5.06 Å². The molecular formula is C11H14N2O3.